The molecule has 28 heavy (non-hydrogen) atoms. The first-order valence-corrected chi connectivity index (χ1v) is 9.60. The molecule has 0 amide bonds. The van der Waals surface area contributed by atoms with Gasteiger partial charge in [-0.15, -0.1) is 0 Å². The van der Waals surface area contributed by atoms with Gasteiger partial charge in [-0.05, 0) is 43.2 Å². The van der Waals surface area contributed by atoms with Crippen LogP contribution in [0.15, 0.2) is 61.1 Å². The number of hydrogen-bond donors (Lipinski definition) is 2. The molecule has 1 atom stereocenters. The first-order chi connectivity index (χ1) is 13.8. The molecule has 4 aromatic rings. The number of aromatic amines is 1. The Hall–Kier alpha value is -3.25. The second-order valence-electron chi connectivity index (χ2n) is 7.25. The van der Waals surface area contributed by atoms with Crippen molar-refractivity contribution in [1.29, 1.82) is 0 Å². The van der Waals surface area contributed by atoms with E-state index in [4.69, 9.17) is 0 Å². The largest absolute Gasteiger partial charge is 0.339 e. The molecule has 0 aliphatic carbocycles. The smallest absolute Gasteiger partial charge is 0.133 e. The molecule has 140 valence electrons. The van der Waals surface area contributed by atoms with Crippen LogP contribution in [0.2, 0.25) is 0 Å². The van der Waals surface area contributed by atoms with Gasteiger partial charge in [-0.2, -0.15) is 5.10 Å². The van der Waals surface area contributed by atoms with E-state index >= 15 is 0 Å². The molecule has 0 bridgehead atoms. The molecule has 4 heterocycles. The summed E-state index contributed by atoms with van der Waals surface area (Å²) in [5.41, 5.74) is 5.73. The second kappa shape index (κ2) is 7.05. The van der Waals surface area contributed by atoms with E-state index in [-0.39, 0.29) is 0 Å². The summed E-state index contributed by atoms with van der Waals surface area (Å²) in [6.45, 7) is 4.12. The highest BCUT2D eigenvalue weighted by atomic mass is 15.2. The number of H-pyrrole nitrogens is 1. The van der Waals surface area contributed by atoms with Crippen LogP contribution in [0.1, 0.15) is 29.8 Å². The van der Waals surface area contributed by atoms with E-state index in [1.54, 1.807) is 0 Å². The van der Waals surface area contributed by atoms with Gasteiger partial charge in [0.25, 0.3) is 0 Å². The van der Waals surface area contributed by atoms with Crippen molar-refractivity contribution in [2.45, 2.75) is 25.9 Å². The van der Waals surface area contributed by atoms with Gasteiger partial charge in [-0.3, -0.25) is 15.0 Å². The molecule has 6 nitrogen and oxygen atoms in total. The third kappa shape index (κ3) is 3.12. The van der Waals surface area contributed by atoms with E-state index in [1.807, 2.05) is 42.9 Å². The van der Waals surface area contributed by atoms with Crippen LogP contribution >= 0.6 is 0 Å². The Kier molecular flexibility index (Phi) is 4.25. The SMILES string of the molecule is CC(c1ccn[nH]1)N1CCc2c(ccnc2Nc2cnc3ccccc3c2)C1. The lowest BCUT2D eigenvalue weighted by molar-refractivity contribution is 0.189. The number of rotatable bonds is 4. The van der Waals surface area contributed by atoms with E-state index in [0.717, 1.165) is 47.6 Å². The van der Waals surface area contributed by atoms with Gasteiger partial charge < -0.3 is 5.32 Å². The summed E-state index contributed by atoms with van der Waals surface area (Å²) in [4.78, 5) is 11.6. The van der Waals surface area contributed by atoms with Crippen molar-refractivity contribution in [2.24, 2.45) is 0 Å². The maximum Gasteiger partial charge on any atom is 0.133 e. The van der Waals surface area contributed by atoms with Crippen molar-refractivity contribution < 1.29 is 0 Å². The van der Waals surface area contributed by atoms with Gasteiger partial charge in [-0.25, -0.2) is 4.98 Å². The predicted octanol–water partition coefficient (Wildman–Crippen LogP) is 4.22. The van der Waals surface area contributed by atoms with Gasteiger partial charge in [0.1, 0.15) is 5.82 Å². The Balaban J connectivity index is 1.40. The average Bonchev–Trinajstić information content (AvgIpc) is 3.28. The zero-order valence-electron chi connectivity index (χ0n) is 15.8. The molecular weight excluding hydrogens is 348 g/mol. The fourth-order valence-electron chi connectivity index (χ4n) is 3.92. The standard InChI is InChI=1S/C22H22N6/c1-15(20-7-10-25-27-20)28-11-8-19-17(14-28)6-9-23-22(19)26-18-12-16-4-2-3-5-21(16)24-13-18/h2-7,9-10,12-13,15H,8,11,14H2,1H3,(H,23,26)(H,25,27). The van der Waals surface area contributed by atoms with E-state index in [1.165, 1.54) is 11.1 Å². The van der Waals surface area contributed by atoms with Crippen molar-refractivity contribution >= 4 is 22.4 Å². The molecule has 0 radical (unpaired) electrons. The highest BCUT2D eigenvalue weighted by Crippen LogP contribution is 2.31. The molecule has 1 aliphatic rings. The number of para-hydroxylation sites is 1. The lowest BCUT2D eigenvalue weighted by Gasteiger charge is -2.33. The highest BCUT2D eigenvalue weighted by Gasteiger charge is 2.24. The first-order valence-electron chi connectivity index (χ1n) is 9.60. The molecule has 5 rings (SSSR count). The van der Waals surface area contributed by atoms with Gasteiger partial charge in [0.2, 0.25) is 0 Å². The third-order valence-electron chi connectivity index (χ3n) is 5.55. The van der Waals surface area contributed by atoms with E-state index in [2.05, 4.69) is 55.5 Å². The minimum absolute atomic E-state index is 0.310. The molecular formula is C22H22N6. The zero-order chi connectivity index (χ0) is 18.9. The number of nitrogens with one attached hydrogen (secondary N) is 2. The van der Waals surface area contributed by atoms with E-state index in [0.29, 0.717) is 6.04 Å². The molecule has 3 aromatic heterocycles. The lowest BCUT2D eigenvalue weighted by atomic mass is 9.99. The normalized spacial score (nSPS) is 15.3. The number of anilines is 2. The minimum atomic E-state index is 0.310. The van der Waals surface area contributed by atoms with Crippen LogP contribution in [0, 0.1) is 0 Å². The fourth-order valence-corrected chi connectivity index (χ4v) is 3.92. The van der Waals surface area contributed by atoms with Crippen molar-refractivity contribution in [1.82, 2.24) is 25.1 Å². The zero-order valence-corrected chi connectivity index (χ0v) is 15.8. The van der Waals surface area contributed by atoms with Gasteiger partial charge in [0.05, 0.1) is 23.1 Å². The van der Waals surface area contributed by atoms with Crippen LogP contribution in [0.3, 0.4) is 0 Å². The summed E-state index contributed by atoms with van der Waals surface area (Å²) in [5.74, 6) is 0.934. The van der Waals surface area contributed by atoms with Crippen molar-refractivity contribution in [3.8, 4) is 0 Å². The molecule has 6 heteroatoms. The van der Waals surface area contributed by atoms with Crippen LogP contribution in [-0.4, -0.2) is 31.6 Å². The van der Waals surface area contributed by atoms with Crippen molar-refractivity contribution in [3.05, 3.63) is 77.9 Å². The summed E-state index contributed by atoms with van der Waals surface area (Å²) >= 11 is 0. The Morgan fingerprint density at radius 3 is 2.93 bits per heavy atom. The Morgan fingerprint density at radius 1 is 1.11 bits per heavy atom. The summed E-state index contributed by atoms with van der Waals surface area (Å²) in [7, 11) is 0. The number of benzene rings is 1. The molecule has 1 unspecified atom stereocenters. The Morgan fingerprint density at radius 2 is 2.04 bits per heavy atom. The molecule has 0 saturated carbocycles. The third-order valence-corrected chi connectivity index (χ3v) is 5.55. The van der Waals surface area contributed by atoms with Crippen LogP contribution in [0.25, 0.3) is 10.9 Å². The minimum Gasteiger partial charge on any atom is -0.339 e. The van der Waals surface area contributed by atoms with E-state index < -0.39 is 0 Å². The predicted molar refractivity (Wildman–Crippen MR) is 110 cm³/mol. The monoisotopic (exact) mass is 370 g/mol. The van der Waals surface area contributed by atoms with Gasteiger partial charge in [0.15, 0.2) is 0 Å². The first kappa shape index (κ1) is 16.9. The van der Waals surface area contributed by atoms with Gasteiger partial charge in [-0.1, -0.05) is 18.2 Å². The van der Waals surface area contributed by atoms with Crippen molar-refractivity contribution in [3.63, 3.8) is 0 Å². The maximum absolute atomic E-state index is 4.61. The molecule has 2 N–H and O–H groups in total. The summed E-state index contributed by atoms with van der Waals surface area (Å²) in [6.07, 6.45) is 6.54. The fraction of sp³-hybridized carbons (Fsp3) is 0.227. The van der Waals surface area contributed by atoms with Crippen LogP contribution in [0.5, 0.6) is 0 Å². The van der Waals surface area contributed by atoms with Crippen LogP contribution in [0.4, 0.5) is 11.5 Å². The Labute approximate surface area is 163 Å². The number of nitrogens with zero attached hydrogens (tertiary/aromatic N) is 4. The lowest BCUT2D eigenvalue weighted by Crippen LogP contribution is -2.33. The molecule has 0 fully saturated rings. The number of aromatic nitrogens is 4. The topological polar surface area (TPSA) is 69.7 Å². The van der Waals surface area contributed by atoms with Crippen LogP contribution in [-0.2, 0) is 13.0 Å². The maximum atomic E-state index is 4.61. The molecule has 1 aliphatic heterocycles. The summed E-state index contributed by atoms with van der Waals surface area (Å²) in [5, 5.41) is 11.8. The molecule has 0 spiro atoms. The number of pyridine rings is 2. The van der Waals surface area contributed by atoms with Gasteiger partial charge in [0, 0.05) is 42.5 Å². The molecule has 0 saturated heterocycles. The second-order valence-corrected chi connectivity index (χ2v) is 7.25. The van der Waals surface area contributed by atoms with Gasteiger partial charge >= 0.3 is 0 Å². The number of hydrogen-bond acceptors (Lipinski definition) is 5. The quantitative estimate of drug-likeness (QED) is 0.563. The summed E-state index contributed by atoms with van der Waals surface area (Å²) < 4.78 is 0. The average molecular weight is 370 g/mol. The number of fused-ring (bicyclic) bond motifs is 2. The van der Waals surface area contributed by atoms with Crippen molar-refractivity contribution in [2.75, 3.05) is 11.9 Å². The summed E-state index contributed by atoms with van der Waals surface area (Å²) in [6, 6.07) is 14.8. The van der Waals surface area contributed by atoms with E-state index in [9.17, 15) is 0 Å². The highest BCUT2D eigenvalue weighted by molar-refractivity contribution is 5.82. The molecule has 1 aromatic carbocycles. The Bertz CT molecular complexity index is 1110. The van der Waals surface area contributed by atoms with Crippen LogP contribution < -0.4 is 5.32 Å².